The first kappa shape index (κ1) is 28.7. The maximum Gasteiger partial charge on any atom is 0.257 e. The molecule has 43 heavy (non-hydrogen) atoms. The van der Waals surface area contributed by atoms with Gasteiger partial charge in [-0.1, -0.05) is 41.9 Å². The van der Waals surface area contributed by atoms with Crippen molar-refractivity contribution >= 4 is 51.8 Å². The summed E-state index contributed by atoms with van der Waals surface area (Å²) in [7, 11) is 0. The number of carbonyl (C=O) groups excluding carboxylic acids is 1. The number of carbonyl (C=O) groups is 1. The molecule has 1 unspecified atom stereocenters. The lowest BCUT2D eigenvalue weighted by atomic mass is 10.1. The van der Waals surface area contributed by atoms with E-state index in [0.29, 0.717) is 27.8 Å². The minimum absolute atomic E-state index is 0.337. The maximum absolute atomic E-state index is 13.2. The third kappa shape index (κ3) is 7.34. The van der Waals surface area contributed by atoms with E-state index >= 15 is 0 Å². The topological polar surface area (TPSA) is 93.7 Å². The number of anilines is 3. The van der Waals surface area contributed by atoms with Gasteiger partial charge in [-0.05, 0) is 106 Å². The number of hydrogen-bond acceptors (Lipinski definition) is 7. The summed E-state index contributed by atoms with van der Waals surface area (Å²) >= 11 is 6.41. The first-order valence-electron chi connectivity index (χ1n) is 14.8. The van der Waals surface area contributed by atoms with Crippen LogP contribution in [0.5, 0.6) is 0 Å². The van der Waals surface area contributed by atoms with Crippen LogP contribution >= 0.6 is 11.6 Å². The normalized spacial score (nSPS) is 18.2. The number of pyridine rings is 1. The van der Waals surface area contributed by atoms with Gasteiger partial charge in [-0.2, -0.15) is 0 Å². The third-order valence-corrected chi connectivity index (χ3v) is 8.12. The molecule has 0 saturated carbocycles. The molecule has 3 heterocycles. The summed E-state index contributed by atoms with van der Waals surface area (Å²) in [6, 6.07) is 25.6. The highest BCUT2D eigenvalue weighted by Crippen LogP contribution is 2.25. The summed E-state index contributed by atoms with van der Waals surface area (Å²) in [5, 5.41) is 14.3. The van der Waals surface area contributed by atoms with Gasteiger partial charge < -0.3 is 26.2 Å². The number of hydrogen-bond donors (Lipinski definition) is 4. The lowest BCUT2D eigenvalue weighted by Crippen LogP contribution is -2.48. The van der Waals surface area contributed by atoms with E-state index in [4.69, 9.17) is 11.6 Å². The molecule has 1 amide bonds. The zero-order chi connectivity index (χ0) is 29.6. The number of fused-ring (bicyclic) bond motifs is 1. The summed E-state index contributed by atoms with van der Waals surface area (Å²) in [5.74, 6) is -0.408. The van der Waals surface area contributed by atoms with Crippen LogP contribution in [0.2, 0.25) is 5.02 Å². The van der Waals surface area contributed by atoms with E-state index in [-0.39, 0.29) is 5.91 Å². The molecule has 6 rings (SSSR count). The van der Waals surface area contributed by atoms with Gasteiger partial charge in [-0.3, -0.25) is 4.79 Å². The lowest BCUT2D eigenvalue weighted by Gasteiger charge is -2.31. The Labute approximate surface area is 257 Å². The zero-order valence-electron chi connectivity index (χ0n) is 24.2. The third-order valence-electron chi connectivity index (χ3n) is 7.79. The van der Waals surface area contributed by atoms with Crippen LogP contribution in [0.15, 0.2) is 95.8 Å². The molecular weight excluding hydrogens is 558 g/mol. The zero-order valence-corrected chi connectivity index (χ0v) is 25.0. The van der Waals surface area contributed by atoms with Crippen molar-refractivity contribution in [1.29, 1.82) is 0 Å². The number of amides is 1. The highest BCUT2D eigenvalue weighted by atomic mass is 35.5. The van der Waals surface area contributed by atoms with Crippen molar-refractivity contribution in [2.75, 3.05) is 30.3 Å². The average Bonchev–Trinajstić information content (AvgIpc) is 3.54. The van der Waals surface area contributed by atoms with E-state index in [2.05, 4.69) is 60.4 Å². The molecule has 1 atom stereocenters. The molecule has 8 nitrogen and oxygen atoms in total. The number of halogens is 1. The second kappa shape index (κ2) is 12.9. The molecule has 2 aliphatic rings. The molecule has 1 saturated heterocycles. The number of nitrogens with zero attached hydrogens (tertiary/aromatic N) is 3. The van der Waals surface area contributed by atoms with Crippen LogP contribution in [0.25, 0.3) is 10.9 Å². The predicted molar refractivity (Wildman–Crippen MR) is 176 cm³/mol. The fraction of sp³-hybridized carbons (Fsp3) is 0.265. The standard InChI is InChI=1S/C34H36ClN7O/c1-34(41-26-13-10-24(11-14-26)7-6-20-42-18-4-5-19-42)36-22-28(23-37-34)39-33(43)29-21-27(15-16-30(29)35)38-32-17-12-25-8-2-3-9-31(25)40-32/h2-3,8-17,21-23,36,41H,4-7,18-20H2,1H3,(H,38,40)(H,39,43). The summed E-state index contributed by atoms with van der Waals surface area (Å²) in [4.78, 5) is 25.0. The number of allylic oxidation sites excluding steroid dienone is 1. The number of para-hydroxylation sites is 1. The molecule has 0 aliphatic carbocycles. The van der Waals surface area contributed by atoms with Crippen LogP contribution in [0.1, 0.15) is 42.1 Å². The van der Waals surface area contributed by atoms with Crippen LogP contribution in [0, 0.1) is 0 Å². The Morgan fingerprint density at radius 2 is 1.79 bits per heavy atom. The fourth-order valence-electron chi connectivity index (χ4n) is 5.44. The Kier molecular flexibility index (Phi) is 8.58. The number of likely N-dealkylation sites (tertiary alicyclic amines) is 1. The number of aliphatic imine (C=N–C) groups is 1. The van der Waals surface area contributed by atoms with Crippen molar-refractivity contribution in [3.05, 3.63) is 107 Å². The van der Waals surface area contributed by atoms with Crippen LogP contribution in [-0.2, 0) is 6.42 Å². The number of nitrogens with one attached hydrogen (secondary N) is 4. The molecule has 0 bridgehead atoms. The van der Waals surface area contributed by atoms with E-state index in [0.717, 1.165) is 23.0 Å². The second-order valence-electron chi connectivity index (χ2n) is 11.2. The molecule has 1 fully saturated rings. The highest BCUT2D eigenvalue weighted by Gasteiger charge is 2.24. The SMILES string of the molecule is CC1(Nc2ccc(CCCN3CCCC3)cc2)N=CC(NC(=O)c2cc(Nc3ccc4ccccc4n3)ccc2Cl)=CN1. The van der Waals surface area contributed by atoms with Crippen LogP contribution in [-0.4, -0.2) is 47.4 Å². The first-order valence-corrected chi connectivity index (χ1v) is 15.2. The highest BCUT2D eigenvalue weighted by molar-refractivity contribution is 6.34. The van der Waals surface area contributed by atoms with Gasteiger partial charge >= 0.3 is 0 Å². The van der Waals surface area contributed by atoms with E-state index in [1.54, 1.807) is 24.5 Å². The molecule has 3 aromatic carbocycles. The summed E-state index contributed by atoms with van der Waals surface area (Å²) in [6.45, 7) is 5.62. The Hall–Kier alpha value is -4.40. The first-order chi connectivity index (χ1) is 20.9. The van der Waals surface area contributed by atoms with Crippen LogP contribution in [0.3, 0.4) is 0 Å². The Morgan fingerprint density at radius 3 is 2.58 bits per heavy atom. The van der Waals surface area contributed by atoms with E-state index in [1.165, 1.54) is 44.5 Å². The quantitative estimate of drug-likeness (QED) is 0.164. The lowest BCUT2D eigenvalue weighted by molar-refractivity contribution is 0.0967. The monoisotopic (exact) mass is 593 g/mol. The van der Waals surface area contributed by atoms with Crippen molar-refractivity contribution in [2.45, 2.75) is 38.4 Å². The molecule has 4 N–H and O–H groups in total. The van der Waals surface area contributed by atoms with Gasteiger partial charge in [-0.15, -0.1) is 0 Å². The maximum atomic E-state index is 13.2. The molecule has 1 aromatic heterocycles. The van der Waals surface area contributed by atoms with Crippen molar-refractivity contribution in [1.82, 2.24) is 20.5 Å². The van der Waals surface area contributed by atoms with Crippen molar-refractivity contribution < 1.29 is 4.79 Å². The molecule has 0 radical (unpaired) electrons. The van der Waals surface area contributed by atoms with E-state index < -0.39 is 5.79 Å². The molecule has 4 aromatic rings. The molecule has 2 aliphatic heterocycles. The second-order valence-corrected chi connectivity index (χ2v) is 11.6. The van der Waals surface area contributed by atoms with Crippen LogP contribution in [0.4, 0.5) is 17.2 Å². The van der Waals surface area contributed by atoms with Gasteiger partial charge in [0.05, 0.1) is 28.0 Å². The van der Waals surface area contributed by atoms with Gasteiger partial charge in [-0.25, -0.2) is 9.98 Å². The largest absolute Gasteiger partial charge is 0.349 e. The van der Waals surface area contributed by atoms with Crippen molar-refractivity contribution in [3.63, 3.8) is 0 Å². The number of benzene rings is 3. The minimum atomic E-state index is -0.750. The molecule has 9 heteroatoms. The van der Waals surface area contributed by atoms with E-state index in [9.17, 15) is 4.79 Å². The average molecular weight is 594 g/mol. The van der Waals surface area contributed by atoms with Gasteiger partial charge in [0.25, 0.3) is 5.91 Å². The number of aromatic nitrogens is 1. The van der Waals surface area contributed by atoms with Crippen molar-refractivity contribution in [3.8, 4) is 0 Å². The predicted octanol–water partition coefficient (Wildman–Crippen LogP) is 6.69. The van der Waals surface area contributed by atoms with Crippen LogP contribution < -0.4 is 21.3 Å². The van der Waals surface area contributed by atoms with Gasteiger partial charge in [0.15, 0.2) is 0 Å². The fourth-order valence-corrected chi connectivity index (χ4v) is 5.64. The molecule has 0 spiro atoms. The van der Waals surface area contributed by atoms with E-state index in [1.807, 2.05) is 49.4 Å². The smallest absolute Gasteiger partial charge is 0.257 e. The molecule has 220 valence electrons. The van der Waals surface area contributed by atoms with Gasteiger partial charge in [0.1, 0.15) is 5.82 Å². The van der Waals surface area contributed by atoms with Crippen molar-refractivity contribution in [2.24, 2.45) is 4.99 Å². The molecular formula is C34H36ClN7O. The summed E-state index contributed by atoms with van der Waals surface area (Å²) in [6.07, 6.45) is 8.32. The van der Waals surface area contributed by atoms with Gasteiger partial charge in [0.2, 0.25) is 5.79 Å². The minimum Gasteiger partial charge on any atom is -0.349 e. The Morgan fingerprint density at radius 1 is 1.00 bits per heavy atom. The summed E-state index contributed by atoms with van der Waals surface area (Å²) < 4.78 is 0. The number of aryl methyl sites for hydroxylation is 1. The Bertz CT molecular complexity index is 1660. The van der Waals surface area contributed by atoms with Gasteiger partial charge in [0, 0.05) is 23.0 Å². The Balaban J connectivity index is 1.03. The summed E-state index contributed by atoms with van der Waals surface area (Å²) in [5.41, 5.74) is 4.77. The number of rotatable bonds is 10.